The summed E-state index contributed by atoms with van der Waals surface area (Å²) in [6, 6.07) is 9.58. The highest BCUT2D eigenvalue weighted by Crippen LogP contribution is 2.45. The Morgan fingerprint density at radius 2 is 2.00 bits per heavy atom. The summed E-state index contributed by atoms with van der Waals surface area (Å²) in [7, 11) is 2.08. The van der Waals surface area contributed by atoms with E-state index in [1.165, 1.54) is 43.8 Å². The SMILES string of the molecule is CNC(c1ccc(-c2c(C)cc(C)cc2Br)s1)C1CC1. The van der Waals surface area contributed by atoms with Crippen LogP contribution in [0.4, 0.5) is 0 Å². The Bertz CT molecular complexity index is 605. The van der Waals surface area contributed by atoms with Gasteiger partial charge in [-0.15, -0.1) is 11.3 Å². The van der Waals surface area contributed by atoms with Crippen molar-refractivity contribution < 1.29 is 0 Å². The highest BCUT2D eigenvalue weighted by molar-refractivity contribution is 9.10. The van der Waals surface area contributed by atoms with Crippen LogP contribution in [0.2, 0.25) is 0 Å². The standard InChI is InChI=1S/C17H20BrNS/c1-10-8-11(2)16(13(18)9-10)14-6-7-15(20-14)17(19-3)12-4-5-12/h6-9,12,17,19H,4-5H2,1-3H3. The number of thiophene rings is 1. The molecule has 3 heteroatoms. The van der Waals surface area contributed by atoms with Crippen molar-refractivity contribution in [1.82, 2.24) is 5.32 Å². The molecule has 0 saturated heterocycles. The number of benzene rings is 1. The van der Waals surface area contributed by atoms with Crippen molar-refractivity contribution in [2.75, 3.05) is 7.05 Å². The lowest BCUT2D eigenvalue weighted by Crippen LogP contribution is -2.16. The van der Waals surface area contributed by atoms with Crippen molar-refractivity contribution in [3.8, 4) is 10.4 Å². The first-order valence-corrected chi connectivity index (χ1v) is 8.75. The van der Waals surface area contributed by atoms with E-state index in [1.54, 1.807) is 0 Å². The molecule has 3 rings (SSSR count). The Morgan fingerprint density at radius 3 is 2.60 bits per heavy atom. The summed E-state index contributed by atoms with van der Waals surface area (Å²) in [5, 5.41) is 3.48. The van der Waals surface area contributed by atoms with Gasteiger partial charge in [0.25, 0.3) is 0 Å². The molecule has 1 heterocycles. The van der Waals surface area contributed by atoms with Crippen LogP contribution in [0.15, 0.2) is 28.7 Å². The second-order valence-corrected chi connectivity index (χ2v) is 7.71. The molecule has 1 N–H and O–H groups in total. The largest absolute Gasteiger partial charge is 0.312 e. The zero-order valence-electron chi connectivity index (χ0n) is 12.2. The van der Waals surface area contributed by atoms with E-state index < -0.39 is 0 Å². The van der Waals surface area contributed by atoms with Crippen LogP contribution in [0.5, 0.6) is 0 Å². The van der Waals surface area contributed by atoms with Crippen molar-refractivity contribution in [1.29, 1.82) is 0 Å². The van der Waals surface area contributed by atoms with Gasteiger partial charge in [0.1, 0.15) is 0 Å². The Labute approximate surface area is 133 Å². The molecule has 0 radical (unpaired) electrons. The fourth-order valence-corrected chi connectivity index (χ4v) is 5.28. The van der Waals surface area contributed by atoms with Gasteiger partial charge in [0.15, 0.2) is 0 Å². The summed E-state index contributed by atoms with van der Waals surface area (Å²) in [6.07, 6.45) is 2.73. The smallest absolute Gasteiger partial charge is 0.0441 e. The molecule has 1 nitrogen and oxygen atoms in total. The van der Waals surface area contributed by atoms with Crippen LogP contribution in [-0.2, 0) is 0 Å². The molecule has 1 aliphatic rings. The zero-order chi connectivity index (χ0) is 14.3. The van der Waals surface area contributed by atoms with Crippen LogP contribution >= 0.6 is 27.3 Å². The predicted molar refractivity (Wildman–Crippen MR) is 91.5 cm³/mol. The third-order valence-electron chi connectivity index (χ3n) is 4.02. The van der Waals surface area contributed by atoms with Gasteiger partial charge in [0, 0.05) is 25.8 Å². The maximum Gasteiger partial charge on any atom is 0.0441 e. The van der Waals surface area contributed by atoms with E-state index in [2.05, 4.69) is 66.4 Å². The first-order valence-electron chi connectivity index (χ1n) is 7.14. The number of hydrogen-bond donors (Lipinski definition) is 1. The molecule has 1 atom stereocenters. The molecular formula is C17H20BrNS. The van der Waals surface area contributed by atoms with Crippen molar-refractivity contribution in [3.05, 3.63) is 44.7 Å². The zero-order valence-corrected chi connectivity index (χ0v) is 14.6. The second kappa shape index (κ2) is 5.63. The molecule has 106 valence electrons. The number of nitrogens with one attached hydrogen (secondary N) is 1. The molecule has 0 aliphatic heterocycles. The van der Waals surface area contributed by atoms with Crippen LogP contribution in [0.25, 0.3) is 10.4 Å². The summed E-state index contributed by atoms with van der Waals surface area (Å²) >= 11 is 5.66. The number of aryl methyl sites for hydroxylation is 2. The van der Waals surface area contributed by atoms with Crippen LogP contribution in [0.3, 0.4) is 0 Å². The molecule has 1 fully saturated rings. The van der Waals surface area contributed by atoms with Crippen LogP contribution < -0.4 is 5.32 Å². The summed E-state index contributed by atoms with van der Waals surface area (Å²) < 4.78 is 1.20. The van der Waals surface area contributed by atoms with Gasteiger partial charge < -0.3 is 5.32 Å². The number of halogens is 1. The third-order valence-corrected chi connectivity index (χ3v) is 5.83. The van der Waals surface area contributed by atoms with Gasteiger partial charge in [0.2, 0.25) is 0 Å². The summed E-state index contributed by atoms with van der Waals surface area (Å²) in [6.45, 7) is 4.34. The molecule has 1 aromatic heterocycles. The molecule has 0 bridgehead atoms. The van der Waals surface area contributed by atoms with Crippen LogP contribution in [0, 0.1) is 19.8 Å². The van der Waals surface area contributed by atoms with Gasteiger partial charge in [-0.3, -0.25) is 0 Å². The average Bonchev–Trinajstić information content (AvgIpc) is 3.09. The second-order valence-electron chi connectivity index (χ2n) is 5.74. The first-order chi connectivity index (χ1) is 9.60. The lowest BCUT2D eigenvalue weighted by atomic mass is 10.0. The molecule has 1 saturated carbocycles. The Morgan fingerprint density at radius 1 is 1.25 bits per heavy atom. The Kier molecular flexibility index (Phi) is 4.02. The molecule has 20 heavy (non-hydrogen) atoms. The average molecular weight is 350 g/mol. The number of rotatable bonds is 4. The summed E-state index contributed by atoms with van der Waals surface area (Å²) in [5.74, 6) is 0.842. The van der Waals surface area contributed by atoms with Gasteiger partial charge in [-0.05, 0) is 69.0 Å². The molecule has 1 unspecified atom stereocenters. The quantitative estimate of drug-likeness (QED) is 0.771. The third kappa shape index (κ3) is 2.72. The minimum absolute atomic E-state index is 0.540. The highest BCUT2D eigenvalue weighted by Gasteiger charge is 2.32. The van der Waals surface area contributed by atoms with E-state index in [1.807, 2.05) is 11.3 Å². The molecule has 1 aromatic carbocycles. The van der Waals surface area contributed by atoms with E-state index >= 15 is 0 Å². The topological polar surface area (TPSA) is 12.0 Å². The van der Waals surface area contributed by atoms with E-state index in [4.69, 9.17) is 0 Å². The van der Waals surface area contributed by atoms with Crippen LogP contribution in [-0.4, -0.2) is 7.05 Å². The predicted octanol–water partition coefficient (Wildman–Crippen LogP) is 5.46. The molecule has 0 amide bonds. The monoisotopic (exact) mass is 349 g/mol. The lowest BCUT2D eigenvalue weighted by molar-refractivity contribution is 0.537. The minimum atomic E-state index is 0.540. The highest BCUT2D eigenvalue weighted by atomic mass is 79.9. The first kappa shape index (κ1) is 14.3. The number of hydrogen-bond acceptors (Lipinski definition) is 2. The van der Waals surface area contributed by atoms with Crippen molar-refractivity contribution in [2.24, 2.45) is 5.92 Å². The van der Waals surface area contributed by atoms with Crippen molar-refractivity contribution in [2.45, 2.75) is 32.7 Å². The summed E-state index contributed by atoms with van der Waals surface area (Å²) in [5.41, 5.74) is 4.00. The van der Waals surface area contributed by atoms with Crippen molar-refractivity contribution >= 4 is 27.3 Å². The Hall–Kier alpha value is -0.640. The van der Waals surface area contributed by atoms with E-state index in [9.17, 15) is 0 Å². The lowest BCUT2D eigenvalue weighted by Gasteiger charge is -2.13. The minimum Gasteiger partial charge on any atom is -0.312 e. The van der Waals surface area contributed by atoms with E-state index in [0.29, 0.717) is 6.04 Å². The van der Waals surface area contributed by atoms with E-state index in [-0.39, 0.29) is 0 Å². The summed E-state index contributed by atoms with van der Waals surface area (Å²) in [4.78, 5) is 2.84. The van der Waals surface area contributed by atoms with Gasteiger partial charge >= 0.3 is 0 Å². The molecule has 1 aliphatic carbocycles. The fourth-order valence-electron chi connectivity index (χ4n) is 2.92. The molecule has 0 spiro atoms. The normalized spacial score (nSPS) is 16.4. The fraction of sp³-hybridized carbons (Fsp3) is 0.412. The van der Waals surface area contributed by atoms with Gasteiger partial charge in [0.05, 0.1) is 0 Å². The van der Waals surface area contributed by atoms with Gasteiger partial charge in [-0.1, -0.05) is 22.0 Å². The molecular weight excluding hydrogens is 330 g/mol. The van der Waals surface area contributed by atoms with Gasteiger partial charge in [-0.2, -0.15) is 0 Å². The molecule has 2 aromatic rings. The maximum absolute atomic E-state index is 3.73. The van der Waals surface area contributed by atoms with Crippen molar-refractivity contribution in [3.63, 3.8) is 0 Å². The Balaban J connectivity index is 1.97. The maximum atomic E-state index is 3.73. The van der Waals surface area contributed by atoms with E-state index in [0.717, 1.165) is 5.92 Å². The van der Waals surface area contributed by atoms with Crippen LogP contribution in [0.1, 0.15) is 34.9 Å². The van der Waals surface area contributed by atoms with Gasteiger partial charge in [-0.25, -0.2) is 0 Å².